The molecule has 0 aliphatic carbocycles. The molecule has 1 unspecified atom stereocenters. The molecule has 1 aromatic heterocycles. The van der Waals surface area contributed by atoms with E-state index in [0.717, 1.165) is 22.3 Å². The van der Waals surface area contributed by atoms with Gasteiger partial charge in [-0.2, -0.15) is 5.10 Å². The molecule has 0 saturated heterocycles. The van der Waals surface area contributed by atoms with Crippen LogP contribution in [0.1, 0.15) is 29.8 Å². The van der Waals surface area contributed by atoms with E-state index >= 15 is 0 Å². The standard InChI is InChI=1S/C13H16BrN3/c1-3-17-13(11(14)8-16-17)12(15)10-6-4-9(2)5-7-10/h4-8,12H,3,15H2,1-2H3. The lowest BCUT2D eigenvalue weighted by atomic mass is 10.0. The van der Waals surface area contributed by atoms with Crippen molar-refractivity contribution in [2.24, 2.45) is 5.73 Å². The van der Waals surface area contributed by atoms with Crippen LogP contribution in [0.3, 0.4) is 0 Å². The molecule has 0 saturated carbocycles. The van der Waals surface area contributed by atoms with Crippen molar-refractivity contribution in [2.75, 3.05) is 0 Å². The summed E-state index contributed by atoms with van der Waals surface area (Å²) in [5, 5.41) is 4.29. The first-order chi connectivity index (χ1) is 8.13. The van der Waals surface area contributed by atoms with Gasteiger partial charge in [0.25, 0.3) is 0 Å². The predicted octanol–water partition coefficient (Wildman–Crippen LogP) is 3.02. The Hall–Kier alpha value is -1.13. The normalized spacial score (nSPS) is 12.7. The highest BCUT2D eigenvalue weighted by Crippen LogP contribution is 2.26. The molecule has 2 rings (SSSR count). The Bertz CT molecular complexity index is 502. The van der Waals surface area contributed by atoms with Crippen LogP contribution < -0.4 is 5.73 Å². The Balaban J connectivity index is 2.39. The van der Waals surface area contributed by atoms with E-state index in [1.54, 1.807) is 6.20 Å². The summed E-state index contributed by atoms with van der Waals surface area (Å²) in [6.07, 6.45) is 1.80. The number of benzene rings is 1. The fraction of sp³-hybridized carbons (Fsp3) is 0.308. The van der Waals surface area contributed by atoms with Gasteiger partial charge in [0.1, 0.15) is 0 Å². The molecule has 1 atom stereocenters. The Morgan fingerprint density at radius 3 is 2.59 bits per heavy atom. The Morgan fingerprint density at radius 1 is 1.35 bits per heavy atom. The lowest BCUT2D eigenvalue weighted by molar-refractivity contribution is 0.599. The van der Waals surface area contributed by atoms with E-state index in [2.05, 4.69) is 59.1 Å². The van der Waals surface area contributed by atoms with Gasteiger partial charge in [0.2, 0.25) is 0 Å². The molecular formula is C13H16BrN3. The predicted molar refractivity (Wildman–Crippen MR) is 72.8 cm³/mol. The maximum atomic E-state index is 6.30. The number of halogens is 1. The number of aromatic nitrogens is 2. The summed E-state index contributed by atoms with van der Waals surface area (Å²) in [5.41, 5.74) is 9.66. The number of aryl methyl sites for hydroxylation is 2. The average molecular weight is 294 g/mol. The van der Waals surface area contributed by atoms with Gasteiger partial charge < -0.3 is 5.73 Å². The molecular weight excluding hydrogens is 278 g/mol. The quantitative estimate of drug-likeness (QED) is 0.945. The summed E-state index contributed by atoms with van der Waals surface area (Å²) in [6.45, 7) is 4.95. The molecule has 0 radical (unpaired) electrons. The molecule has 4 heteroatoms. The van der Waals surface area contributed by atoms with E-state index in [0.29, 0.717) is 0 Å². The third-order valence-corrected chi connectivity index (χ3v) is 3.47. The van der Waals surface area contributed by atoms with Crippen LogP contribution in [0.4, 0.5) is 0 Å². The number of hydrogen-bond donors (Lipinski definition) is 1. The van der Waals surface area contributed by atoms with Gasteiger partial charge in [-0.25, -0.2) is 0 Å². The molecule has 2 aromatic rings. The van der Waals surface area contributed by atoms with Gasteiger partial charge in [-0.05, 0) is 35.3 Å². The van der Waals surface area contributed by atoms with Gasteiger partial charge in [-0.3, -0.25) is 4.68 Å². The third kappa shape index (κ3) is 2.42. The van der Waals surface area contributed by atoms with Crippen LogP contribution >= 0.6 is 15.9 Å². The maximum Gasteiger partial charge on any atom is 0.0738 e. The second kappa shape index (κ2) is 5.02. The van der Waals surface area contributed by atoms with Crippen LogP contribution in [0.25, 0.3) is 0 Å². The zero-order valence-electron chi connectivity index (χ0n) is 10.0. The molecule has 0 amide bonds. The number of nitrogens with zero attached hydrogens (tertiary/aromatic N) is 2. The Labute approximate surface area is 110 Å². The summed E-state index contributed by atoms with van der Waals surface area (Å²) in [7, 11) is 0. The average Bonchev–Trinajstić information content (AvgIpc) is 2.70. The Morgan fingerprint density at radius 2 is 2.00 bits per heavy atom. The Kier molecular flexibility index (Phi) is 3.64. The second-order valence-corrected chi connectivity index (χ2v) is 4.94. The molecule has 1 heterocycles. The van der Waals surface area contributed by atoms with Crippen LogP contribution in [0.5, 0.6) is 0 Å². The van der Waals surface area contributed by atoms with Gasteiger partial charge in [-0.1, -0.05) is 29.8 Å². The molecule has 0 bridgehead atoms. The van der Waals surface area contributed by atoms with Crippen LogP contribution in [0.15, 0.2) is 34.9 Å². The zero-order chi connectivity index (χ0) is 12.4. The van der Waals surface area contributed by atoms with Crippen molar-refractivity contribution < 1.29 is 0 Å². The minimum absolute atomic E-state index is 0.146. The van der Waals surface area contributed by atoms with Crippen molar-refractivity contribution in [2.45, 2.75) is 26.4 Å². The molecule has 0 aliphatic rings. The first kappa shape index (κ1) is 12.3. The highest BCUT2D eigenvalue weighted by atomic mass is 79.9. The van der Waals surface area contributed by atoms with E-state index < -0.39 is 0 Å². The number of nitrogens with two attached hydrogens (primary N) is 1. The van der Waals surface area contributed by atoms with Crippen molar-refractivity contribution in [3.63, 3.8) is 0 Å². The maximum absolute atomic E-state index is 6.30. The van der Waals surface area contributed by atoms with E-state index in [9.17, 15) is 0 Å². The van der Waals surface area contributed by atoms with Crippen molar-refractivity contribution in [3.8, 4) is 0 Å². The SMILES string of the molecule is CCn1ncc(Br)c1C(N)c1ccc(C)cc1. The lowest BCUT2D eigenvalue weighted by Crippen LogP contribution is -2.17. The molecule has 17 heavy (non-hydrogen) atoms. The van der Waals surface area contributed by atoms with E-state index in [1.165, 1.54) is 5.56 Å². The lowest BCUT2D eigenvalue weighted by Gasteiger charge is -2.15. The molecule has 1 aromatic carbocycles. The van der Waals surface area contributed by atoms with Crippen LogP contribution in [0.2, 0.25) is 0 Å². The van der Waals surface area contributed by atoms with Crippen molar-refractivity contribution >= 4 is 15.9 Å². The van der Waals surface area contributed by atoms with Gasteiger partial charge in [-0.15, -0.1) is 0 Å². The number of hydrogen-bond acceptors (Lipinski definition) is 2. The summed E-state index contributed by atoms with van der Waals surface area (Å²) in [5.74, 6) is 0. The molecule has 90 valence electrons. The van der Waals surface area contributed by atoms with Crippen LogP contribution in [0, 0.1) is 6.92 Å². The monoisotopic (exact) mass is 293 g/mol. The summed E-state index contributed by atoms with van der Waals surface area (Å²) in [6, 6.07) is 8.15. The van der Waals surface area contributed by atoms with Gasteiger partial charge in [0, 0.05) is 6.54 Å². The summed E-state index contributed by atoms with van der Waals surface area (Å²) >= 11 is 3.51. The van der Waals surface area contributed by atoms with Crippen molar-refractivity contribution in [1.82, 2.24) is 9.78 Å². The molecule has 0 fully saturated rings. The fourth-order valence-corrected chi connectivity index (χ4v) is 2.41. The first-order valence-electron chi connectivity index (χ1n) is 5.66. The largest absolute Gasteiger partial charge is 0.319 e. The van der Waals surface area contributed by atoms with Crippen LogP contribution in [-0.4, -0.2) is 9.78 Å². The minimum atomic E-state index is -0.146. The number of rotatable bonds is 3. The zero-order valence-corrected chi connectivity index (χ0v) is 11.6. The topological polar surface area (TPSA) is 43.8 Å². The molecule has 3 nitrogen and oxygen atoms in total. The smallest absolute Gasteiger partial charge is 0.0738 e. The van der Waals surface area contributed by atoms with Crippen molar-refractivity contribution in [1.29, 1.82) is 0 Å². The van der Waals surface area contributed by atoms with E-state index in [4.69, 9.17) is 5.73 Å². The summed E-state index contributed by atoms with van der Waals surface area (Å²) in [4.78, 5) is 0. The van der Waals surface area contributed by atoms with Crippen molar-refractivity contribution in [3.05, 3.63) is 51.8 Å². The van der Waals surface area contributed by atoms with Gasteiger partial charge >= 0.3 is 0 Å². The van der Waals surface area contributed by atoms with Gasteiger partial charge in [0.05, 0.1) is 22.4 Å². The molecule has 2 N–H and O–H groups in total. The highest BCUT2D eigenvalue weighted by Gasteiger charge is 2.17. The third-order valence-electron chi connectivity index (χ3n) is 2.86. The van der Waals surface area contributed by atoms with Crippen LogP contribution in [-0.2, 0) is 6.54 Å². The molecule has 0 aliphatic heterocycles. The fourth-order valence-electron chi connectivity index (χ4n) is 1.86. The van der Waals surface area contributed by atoms with E-state index in [1.807, 2.05) is 4.68 Å². The second-order valence-electron chi connectivity index (χ2n) is 4.08. The summed E-state index contributed by atoms with van der Waals surface area (Å²) < 4.78 is 2.89. The highest BCUT2D eigenvalue weighted by molar-refractivity contribution is 9.10. The van der Waals surface area contributed by atoms with E-state index in [-0.39, 0.29) is 6.04 Å². The van der Waals surface area contributed by atoms with Gasteiger partial charge in [0.15, 0.2) is 0 Å². The molecule has 0 spiro atoms. The minimum Gasteiger partial charge on any atom is -0.319 e. The first-order valence-corrected chi connectivity index (χ1v) is 6.46.